The van der Waals surface area contributed by atoms with Crippen molar-refractivity contribution in [2.24, 2.45) is 0 Å². The molecule has 2 aliphatic rings. The van der Waals surface area contributed by atoms with Gasteiger partial charge in [-0.2, -0.15) is 0 Å². The first-order valence-corrected chi connectivity index (χ1v) is 10.6. The first-order chi connectivity index (χ1) is 11.5. The molecular weight excluding hydrogens is 326 g/mol. The van der Waals surface area contributed by atoms with Crippen LogP contribution < -0.4 is 4.72 Å². The second-order valence-corrected chi connectivity index (χ2v) is 8.90. The lowest BCUT2D eigenvalue weighted by molar-refractivity contribution is 0.132. The Hall–Kier alpha value is -0.920. The Morgan fingerprint density at radius 1 is 1.08 bits per heavy atom. The first kappa shape index (κ1) is 17.9. The third-order valence-corrected chi connectivity index (χ3v) is 7.12. The second kappa shape index (κ2) is 7.54. The zero-order valence-corrected chi connectivity index (χ0v) is 15.6. The highest BCUT2D eigenvalue weighted by molar-refractivity contribution is 7.89. The van der Waals surface area contributed by atoms with Crippen molar-refractivity contribution in [2.45, 2.75) is 82.2 Å². The van der Waals surface area contributed by atoms with Crippen LogP contribution in [0.4, 0.5) is 0 Å². The number of aryl methyl sites for hydroxylation is 2. The Morgan fingerprint density at radius 3 is 2.42 bits per heavy atom. The number of nitrogens with one attached hydrogen (secondary N) is 1. The van der Waals surface area contributed by atoms with Gasteiger partial charge in [0.2, 0.25) is 10.0 Å². The molecule has 24 heavy (non-hydrogen) atoms. The highest BCUT2D eigenvalue weighted by Crippen LogP contribution is 2.26. The third-order valence-electron chi connectivity index (χ3n) is 5.35. The van der Waals surface area contributed by atoms with Crippen LogP contribution in [-0.2, 0) is 10.0 Å². The minimum Gasteiger partial charge on any atom is -0.360 e. The van der Waals surface area contributed by atoms with E-state index in [-0.39, 0.29) is 10.9 Å². The van der Waals surface area contributed by atoms with Gasteiger partial charge in [0.25, 0.3) is 0 Å². The number of hydrogen-bond donors (Lipinski definition) is 1. The summed E-state index contributed by atoms with van der Waals surface area (Å²) in [5.74, 6) is 0.358. The van der Waals surface area contributed by atoms with Crippen LogP contribution in [0.5, 0.6) is 0 Å². The van der Waals surface area contributed by atoms with Gasteiger partial charge in [-0.25, -0.2) is 13.1 Å². The quantitative estimate of drug-likeness (QED) is 0.841. The van der Waals surface area contributed by atoms with E-state index < -0.39 is 10.0 Å². The van der Waals surface area contributed by atoms with Gasteiger partial charge >= 0.3 is 0 Å². The van der Waals surface area contributed by atoms with Crippen LogP contribution in [0.3, 0.4) is 0 Å². The monoisotopic (exact) mass is 355 g/mol. The molecule has 1 N–H and O–H groups in total. The fourth-order valence-corrected chi connectivity index (χ4v) is 5.78. The van der Waals surface area contributed by atoms with Crippen LogP contribution >= 0.6 is 0 Å². The summed E-state index contributed by atoms with van der Waals surface area (Å²) in [6.45, 7) is 5.22. The highest BCUT2D eigenvalue weighted by Gasteiger charge is 2.31. The Balaban J connectivity index is 1.66. The number of nitrogens with zero attached hydrogens (tertiary/aromatic N) is 2. The maximum Gasteiger partial charge on any atom is 0.246 e. The second-order valence-electron chi connectivity index (χ2n) is 7.25. The van der Waals surface area contributed by atoms with Crippen LogP contribution in [0.2, 0.25) is 0 Å². The molecule has 1 aliphatic heterocycles. The molecule has 1 aliphatic carbocycles. The van der Waals surface area contributed by atoms with Crippen LogP contribution in [0.15, 0.2) is 9.42 Å². The highest BCUT2D eigenvalue weighted by atomic mass is 32.2. The minimum atomic E-state index is -3.57. The third kappa shape index (κ3) is 4.00. The van der Waals surface area contributed by atoms with Gasteiger partial charge in [0, 0.05) is 18.6 Å². The Labute approximate surface area is 145 Å². The van der Waals surface area contributed by atoms with Crippen molar-refractivity contribution in [3.05, 3.63) is 11.5 Å². The standard InChI is InChI=1S/C17H29N3O3S/c1-13-17(14(2)23-18-13)24(21,22)19-15-8-7-11-20(12-15)16-9-5-3-4-6-10-16/h15-16,19H,3-12H2,1-2H3/t15-/m0/s1. The summed E-state index contributed by atoms with van der Waals surface area (Å²) < 4.78 is 33.3. The van der Waals surface area contributed by atoms with E-state index in [1.54, 1.807) is 13.8 Å². The number of hydrogen-bond acceptors (Lipinski definition) is 5. The van der Waals surface area contributed by atoms with E-state index in [0.29, 0.717) is 17.5 Å². The van der Waals surface area contributed by atoms with Crippen LogP contribution in [0.25, 0.3) is 0 Å². The summed E-state index contributed by atoms with van der Waals surface area (Å²) >= 11 is 0. The zero-order chi connectivity index (χ0) is 17.2. The number of sulfonamides is 1. The Kier molecular flexibility index (Phi) is 5.62. The first-order valence-electron chi connectivity index (χ1n) is 9.16. The van der Waals surface area contributed by atoms with Crippen molar-refractivity contribution in [2.75, 3.05) is 13.1 Å². The van der Waals surface area contributed by atoms with Gasteiger partial charge in [-0.05, 0) is 46.1 Å². The molecule has 3 rings (SSSR count). The largest absolute Gasteiger partial charge is 0.360 e. The number of rotatable bonds is 4. The van der Waals surface area contributed by atoms with E-state index in [4.69, 9.17) is 4.52 Å². The summed E-state index contributed by atoms with van der Waals surface area (Å²) in [5, 5.41) is 3.77. The lowest BCUT2D eigenvalue weighted by atomic mass is 10.0. The topological polar surface area (TPSA) is 75.4 Å². The van der Waals surface area contributed by atoms with E-state index in [1.807, 2.05) is 0 Å². The minimum absolute atomic E-state index is 0.0271. The number of piperidine rings is 1. The molecule has 1 saturated heterocycles. The molecule has 2 fully saturated rings. The Bertz CT molecular complexity index is 629. The molecule has 1 saturated carbocycles. The van der Waals surface area contributed by atoms with Crippen LogP contribution in [0.1, 0.15) is 62.8 Å². The number of likely N-dealkylation sites (tertiary alicyclic amines) is 1. The molecule has 7 heteroatoms. The average Bonchev–Trinajstić information content (AvgIpc) is 2.76. The van der Waals surface area contributed by atoms with Gasteiger partial charge in [0.15, 0.2) is 5.76 Å². The molecule has 2 heterocycles. The van der Waals surface area contributed by atoms with Crippen molar-refractivity contribution in [1.82, 2.24) is 14.8 Å². The van der Waals surface area contributed by atoms with Crippen molar-refractivity contribution >= 4 is 10.0 Å². The fraction of sp³-hybridized carbons (Fsp3) is 0.824. The molecule has 0 radical (unpaired) electrons. The maximum absolute atomic E-state index is 12.7. The van der Waals surface area contributed by atoms with Gasteiger partial charge in [-0.1, -0.05) is 30.8 Å². The van der Waals surface area contributed by atoms with Crippen molar-refractivity contribution in [3.63, 3.8) is 0 Å². The van der Waals surface area contributed by atoms with Gasteiger partial charge in [0.05, 0.1) is 0 Å². The van der Waals surface area contributed by atoms with Gasteiger partial charge in [0.1, 0.15) is 10.6 Å². The average molecular weight is 356 g/mol. The fourth-order valence-electron chi connectivity index (χ4n) is 4.19. The van der Waals surface area contributed by atoms with Crippen molar-refractivity contribution < 1.29 is 12.9 Å². The maximum atomic E-state index is 12.7. The molecule has 1 aromatic heterocycles. The molecule has 0 aromatic carbocycles. The molecule has 0 amide bonds. The van der Waals surface area contributed by atoms with E-state index in [2.05, 4.69) is 14.8 Å². The zero-order valence-electron chi connectivity index (χ0n) is 14.8. The van der Waals surface area contributed by atoms with Gasteiger partial charge < -0.3 is 4.52 Å². The molecule has 1 atom stereocenters. The molecule has 6 nitrogen and oxygen atoms in total. The van der Waals surface area contributed by atoms with E-state index in [9.17, 15) is 8.42 Å². The van der Waals surface area contributed by atoms with E-state index >= 15 is 0 Å². The smallest absolute Gasteiger partial charge is 0.246 e. The normalized spacial score (nSPS) is 24.8. The molecule has 1 aromatic rings. The summed E-state index contributed by atoms with van der Waals surface area (Å²) in [4.78, 5) is 2.71. The summed E-state index contributed by atoms with van der Waals surface area (Å²) in [5.41, 5.74) is 0.427. The summed E-state index contributed by atoms with van der Waals surface area (Å²) in [7, 11) is -3.57. The summed E-state index contributed by atoms with van der Waals surface area (Å²) in [6, 6.07) is 0.597. The SMILES string of the molecule is Cc1noc(C)c1S(=O)(=O)N[C@H]1CCCN(C2CCCCCC2)C1. The molecule has 136 valence electrons. The Morgan fingerprint density at radius 2 is 1.79 bits per heavy atom. The van der Waals surface area contributed by atoms with Crippen LogP contribution in [-0.4, -0.2) is 43.6 Å². The molecule has 0 spiro atoms. The lowest BCUT2D eigenvalue weighted by Crippen LogP contribution is -2.50. The molecular formula is C17H29N3O3S. The van der Waals surface area contributed by atoms with Crippen LogP contribution in [0, 0.1) is 13.8 Å². The number of aromatic nitrogens is 1. The van der Waals surface area contributed by atoms with E-state index in [0.717, 1.165) is 25.9 Å². The lowest BCUT2D eigenvalue weighted by Gasteiger charge is -2.38. The van der Waals surface area contributed by atoms with Gasteiger partial charge in [-0.3, -0.25) is 4.90 Å². The predicted octanol–water partition coefficient (Wildman–Crippen LogP) is 2.76. The predicted molar refractivity (Wildman–Crippen MR) is 92.4 cm³/mol. The van der Waals surface area contributed by atoms with E-state index in [1.165, 1.54) is 38.5 Å². The van der Waals surface area contributed by atoms with Gasteiger partial charge in [-0.15, -0.1) is 0 Å². The van der Waals surface area contributed by atoms with Crippen molar-refractivity contribution in [3.8, 4) is 0 Å². The summed E-state index contributed by atoms with van der Waals surface area (Å²) in [6.07, 6.45) is 9.73. The molecule has 0 unspecified atom stereocenters. The molecule has 0 bridgehead atoms. The van der Waals surface area contributed by atoms with Crippen molar-refractivity contribution in [1.29, 1.82) is 0 Å².